The molecule has 1 aliphatic rings. The first-order chi connectivity index (χ1) is 15.2. The van der Waals surface area contributed by atoms with Gasteiger partial charge in [0.1, 0.15) is 0 Å². The molecule has 2 amide bonds. The molecule has 31 heavy (non-hydrogen) atoms. The largest absolute Gasteiger partial charge is 0.353 e. The van der Waals surface area contributed by atoms with Crippen molar-refractivity contribution in [2.75, 3.05) is 19.6 Å². The van der Waals surface area contributed by atoms with E-state index in [-0.39, 0.29) is 11.8 Å². The number of hydrogen-bond donors (Lipinski definition) is 1. The van der Waals surface area contributed by atoms with Gasteiger partial charge in [-0.3, -0.25) is 14.6 Å². The minimum atomic E-state index is -0.0549. The maximum atomic E-state index is 12.5. The fourth-order valence-electron chi connectivity index (χ4n) is 4.02. The van der Waals surface area contributed by atoms with E-state index in [0.29, 0.717) is 0 Å². The molecule has 1 saturated heterocycles. The van der Waals surface area contributed by atoms with Gasteiger partial charge in [0.15, 0.2) is 0 Å². The van der Waals surface area contributed by atoms with Crippen molar-refractivity contribution in [1.82, 2.24) is 15.2 Å². The number of amides is 2. The second-order valence-corrected chi connectivity index (χ2v) is 8.22. The van der Waals surface area contributed by atoms with Crippen molar-refractivity contribution in [1.29, 1.82) is 0 Å². The minimum Gasteiger partial charge on any atom is -0.353 e. The molecule has 1 fully saturated rings. The number of benzene rings is 1. The average Bonchev–Trinajstić information content (AvgIpc) is 2.83. The van der Waals surface area contributed by atoms with Gasteiger partial charge in [-0.15, -0.1) is 0 Å². The van der Waals surface area contributed by atoms with Crippen molar-refractivity contribution >= 4 is 17.9 Å². The van der Waals surface area contributed by atoms with E-state index in [0.717, 1.165) is 62.4 Å². The fraction of sp³-hybridized carbons (Fsp3) is 0.423. The molecule has 0 radical (unpaired) electrons. The zero-order chi connectivity index (χ0) is 21.7. The van der Waals surface area contributed by atoms with Gasteiger partial charge in [0.05, 0.1) is 0 Å². The highest BCUT2D eigenvalue weighted by molar-refractivity contribution is 5.94. The first-order valence-corrected chi connectivity index (χ1v) is 11.4. The zero-order valence-corrected chi connectivity index (χ0v) is 18.2. The SMILES string of the molecule is O=C(/C=C\c1cccnc1)NCCCCCCC1CCN(C(=O)c2ccccc2)CC1. The summed E-state index contributed by atoms with van der Waals surface area (Å²) in [4.78, 5) is 30.4. The van der Waals surface area contributed by atoms with Crippen molar-refractivity contribution in [2.45, 2.75) is 44.9 Å². The molecule has 0 bridgehead atoms. The van der Waals surface area contributed by atoms with Crippen molar-refractivity contribution in [3.8, 4) is 0 Å². The number of rotatable bonds is 10. The topological polar surface area (TPSA) is 62.3 Å². The predicted octanol–water partition coefficient (Wildman–Crippen LogP) is 4.71. The van der Waals surface area contributed by atoms with E-state index >= 15 is 0 Å². The summed E-state index contributed by atoms with van der Waals surface area (Å²) in [5.74, 6) is 0.842. The number of aromatic nitrogens is 1. The van der Waals surface area contributed by atoms with Crippen molar-refractivity contribution in [2.24, 2.45) is 5.92 Å². The molecule has 0 saturated carbocycles. The number of piperidine rings is 1. The Balaban J connectivity index is 1.20. The molecule has 1 aliphatic heterocycles. The van der Waals surface area contributed by atoms with E-state index < -0.39 is 0 Å². The molecule has 0 atom stereocenters. The van der Waals surface area contributed by atoms with E-state index in [4.69, 9.17) is 0 Å². The van der Waals surface area contributed by atoms with Gasteiger partial charge >= 0.3 is 0 Å². The van der Waals surface area contributed by atoms with Crippen LogP contribution >= 0.6 is 0 Å². The minimum absolute atomic E-state index is 0.0549. The second kappa shape index (κ2) is 12.7. The van der Waals surface area contributed by atoms with E-state index in [1.807, 2.05) is 47.4 Å². The fourth-order valence-corrected chi connectivity index (χ4v) is 4.02. The van der Waals surface area contributed by atoms with Crippen LogP contribution in [-0.4, -0.2) is 41.3 Å². The lowest BCUT2D eigenvalue weighted by molar-refractivity contribution is -0.116. The molecule has 0 unspecified atom stereocenters. The molecular weight excluding hydrogens is 386 g/mol. The lowest BCUT2D eigenvalue weighted by Crippen LogP contribution is -2.38. The maximum absolute atomic E-state index is 12.5. The quantitative estimate of drug-likeness (QED) is 0.448. The van der Waals surface area contributed by atoms with Crippen molar-refractivity contribution < 1.29 is 9.59 Å². The van der Waals surface area contributed by atoms with Crippen molar-refractivity contribution in [3.05, 3.63) is 72.1 Å². The first-order valence-electron chi connectivity index (χ1n) is 11.4. The van der Waals surface area contributed by atoms with Crippen LogP contribution in [0.25, 0.3) is 6.08 Å². The molecule has 1 aromatic heterocycles. The number of nitrogens with one attached hydrogen (secondary N) is 1. The maximum Gasteiger partial charge on any atom is 0.253 e. The van der Waals surface area contributed by atoms with E-state index in [1.54, 1.807) is 24.5 Å². The normalized spacial score (nSPS) is 14.6. The van der Waals surface area contributed by atoms with Crippen LogP contribution in [0.5, 0.6) is 0 Å². The monoisotopic (exact) mass is 419 g/mol. The Morgan fingerprint density at radius 1 is 1.00 bits per heavy atom. The van der Waals surface area contributed by atoms with Crippen LogP contribution in [0.15, 0.2) is 60.9 Å². The van der Waals surface area contributed by atoms with Crippen molar-refractivity contribution in [3.63, 3.8) is 0 Å². The van der Waals surface area contributed by atoms with E-state index in [1.165, 1.54) is 19.3 Å². The number of carbonyl (C=O) groups excluding carboxylic acids is 2. The average molecular weight is 420 g/mol. The highest BCUT2D eigenvalue weighted by Gasteiger charge is 2.23. The third-order valence-corrected chi connectivity index (χ3v) is 5.87. The highest BCUT2D eigenvalue weighted by Crippen LogP contribution is 2.24. The number of nitrogens with zero attached hydrogens (tertiary/aromatic N) is 2. The van der Waals surface area contributed by atoms with Crippen LogP contribution in [0.2, 0.25) is 0 Å². The molecule has 1 N–H and O–H groups in total. The molecule has 0 spiro atoms. The Morgan fingerprint density at radius 3 is 2.52 bits per heavy atom. The predicted molar refractivity (Wildman–Crippen MR) is 124 cm³/mol. The molecular formula is C26H33N3O2. The second-order valence-electron chi connectivity index (χ2n) is 8.22. The Bertz CT molecular complexity index is 828. The molecule has 5 nitrogen and oxygen atoms in total. The van der Waals surface area contributed by atoms with Gasteiger partial charge < -0.3 is 10.2 Å². The third kappa shape index (κ3) is 8.00. The summed E-state index contributed by atoms with van der Waals surface area (Å²) in [7, 11) is 0. The molecule has 1 aromatic carbocycles. The smallest absolute Gasteiger partial charge is 0.253 e. The van der Waals surface area contributed by atoms with E-state index in [9.17, 15) is 9.59 Å². The van der Waals surface area contributed by atoms with Gasteiger partial charge in [-0.25, -0.2) is 0 Å². The van der Waals surface area contributed by atoms with Gasteiger partial charge in [-0.05, 0) is 55.0 Å². The lowest BCUT2D eigenvalue weighted by Gasteiger charge is -2.32. The van der Waals surface area contributed by atoms with Crippen LogP contribution in [0.3, 0.4) is 0 Å². The molecule has 3 rings (SSSR count). The summed E-state index contributed by atoms with van der Waals surface area (Å²) < 4.78 is 0. The van der Waals surface area contributed by atoms with Crippen LogP contribution in [-0.2, 0) is 4.79 Å². The summed E-state index contributed by atoms with van der Waals surface area (Å²) in [5.41, 5.74) is 1.72. The Kier molecular flexibility index (Phi) is 9.30. The number of carbonyl (C=O) groups is 2. The zero-order valence-electron chi connectivity index (χ0n) is 18.2. The molecule has 5 heteroatoms. The van der Waals surface area contributed by atoms with Gasteiger partial charge in [-0.1, -0.05) is 49.9 Å². The van der Waals surface area contributed by atoms with Gasteiger partial charge in [0.25, 0.3) is 5.91 Å². The lowest BCUT2D eigenvalue weighted by atomic mass is 9.91. The highest BCUT2D eigenvalue weighted by atomic mass is 16.2. The first kappa shape index (κ1) is 22.7. The molecule has 164 valence electrons. The summed E-state index contributed by atoms with van der Waals surface area (Å²) >= 11 is 0. The van der Waals surface area contributed by atoms with Crippen LogP contribution in [0, 0.1) is 5.92 Å². The number of hydrogen-bond acceptors (Lipinski definition) is 3. The van der Waals surface area contributed by atoms with Gasteiger partial charge in [0.2, 0.25) is 5.91 Å². The van der Waals surface area contributed by atoms with Crippen LogP contribution < -0.4 is 5.32 Å². The Morgan fingerprint density at radius 2 is 1.77 bits per heavy atom. The standard InChI is InChI=1S/C26H33N3O2/c30-25(14-13-23-10-8-17-27-21-23)28-18-7-2-1-4-9-22-15-19-29(20-16-22)26(31)24-11-5-3-6-12-24/h3,5-6,8,10-14,17,21-22H,1-2,4,7,9,15-16,18-20H2,(H,28,30)/b14-13-. The van der Waals surface area contributed by atoms with Gasteiger partial charge in [0, 0.05) is 43.7 Å². The van der Waals surface area contributed by atoms with Gasteiger partial charge in [-0.2, -0.15) is 0 Å². The summed E-state index contributed by atoms with van der Waals surface area (Å²) in [6, 6.07) is 13.3. The van der Waals surface area contributed by atoms with E-state index in [2.05, 4.69) is 10.3 Å². The number of pyridine rings is 1. The van der Waals surface area contributed by atoms with Crippen LogP contribution in [0.1, 0.15) is 60.9 Å². The summed E-state index contributed by atoms with van der Waals surface area (Å²) in [5, 5.41) is 2.94. The summed E-state index contributed by atoms with van der Waals surface area (Å²) in [6.07, 6.45) is 14.8. The van der Waals surface area contributed by atoms with Crippen LogP contribution in [0.4, 0.5) is 0 Å². The Hall–Kier alpha value is -2.95. The molecule has 0 aliphatic carbocycles. The Labute approximate surface area is 185 Å². The number of likely N-dealkylation sites (tertiary alicyclic amines) is 1. The third-order valence-electron chi connectivity index (χ3n) is 5.87. The number of unbranched alkanes of at least 4 members (excludes halogenated alkanes) is 3. The summed E-state index contributed by atoms with van der Waals surface area (Å²) in [6.45, 7) is 2.46. The molecule has 2 heterocycles. The molecule has 2 aromatic rings.